The van der Waals surface area contributed by atoms with Crippen molar-refractivity contribution in [2.75, 3.05) is 6.61 Å². The Morgan fingerprint density at radius 1 is 1.38 bits per heavy atom. The smallest absolute Gasteiger partial charge is 0.389 e. The van der Waals surface area contributed by atoms with Gasteiger partial charge in [0.1, 0.15) is 12.4 Å². The Morgan fingerprint density at radius 3 is 2.75 bits per heavy atom. The zero-order chi connectivity index (χ0) is 12.0. The van der Waals surface area contributed by atoms with Crippen molar-refractivity contribution in [2.45, 2.75) is 32.2 Å². The summed E-state index contributed by atoms with van der Waals surface area (Å²) in [6, 6.07) is 1.72. The minimum Gasteiger partial charge on any atom is -0.467 e. The molecule has 92 valence electrons. The molecule has 16 heavy (non-hydrogen) atoms. The number of nitrogens with two attached hydrogens (primary N) is 1. The van der Waals surface area contributed by atoms with Gasteiger partial charge in [0.05, 0.1) is 6.26 Å². The molecule has 0 spiro atoms. The molecule has 1 heterocycles. The molecule has 0 unspecified atom stereocenters. The highest BCUT2D eigenvalue weighted by molar-refractivity contribution is 5.15. The van der Waals surface area contributed by atoms with Gasteiger partial charge in [0.15, 0.2) is 0 Å². The van der Waals surface area contributed by atoms with Crippen LogP contribution in [0.25, 0.3) is 0 Å². The zero-order valence-electron chi connectivity index (χ0n) is 8.72. The standard InChI is InChI=1S/C10H14F3NO2/c11-10(12,13)3-1-4-15-7-9-8(6-14)2-5-16-9/h2,5H,1,3-4,6-7,14H2. The lowest BCUT2D eigenvalue weighted by Gasteiger charge is -2.06. The molecule has 3 nitrogen and oxygen atoms in total. The third kappa shape index (κ3) is 4.67. The minimum absolute atomic E-state index is 0.0395. The fraction of sp³-hybridized carbons (Fsp3) is 0.600. The van der Waals surface area contributed by atoms with Crippen LogP contribution in [-0.2, 0) is 17.9 Å². The Balaban J connectivity index is 2.16. The first-order valence-electron chi connectivity index (χ1n) is 4.93. The summed E-state index contributed by atoms with van der Waals surface area (Å²) in [5, 5.41) is 0. The van der Waals surface area contributed by atoms with E-state index in [1.165, 1.54) is 6.26 Å². The summed E-state index contributed by atoms with van der Waals surface area (Å²) >= 11 is 0. The van der Waals surface area contributed by atoms with E-state index in [1.54, 1.807) is 6.07 Å². The molecule has 0 aliphatic carbocycles. The van der Waals surface area contributed by atoms with Crippen LogP contribution in [0.3, 0.4) is 0 Å². The fourth-order valence-electron chi connectivity index (χ4n) is 1.22. The lowest BCUT2D eigenvalue weighted by molar-refractivity contribution is -0.138. The van der Waals surface area contributed by atoms with Crippen molar-refractivity contribution >= 4 is 0 Å². The molecular formula is C10H14F3NO2. The van der Waals surface area contributed by atoms with Crippen molar-refractivity contribution in [3.8, 4) is 0 Å². The minimum atomic E-state index is -4.11. The Labute approximate surface area is 91.4 Å². The van der Waals surface area contributed by atoms with Crippen LogP contribution in [0.5, 0.6) is 0 Å². The Bertz CT molecular complexity index is 309. The predicted octanol–water partition coefficient (Wildman–Crippen LogP) is 2.60. The van der Waals surface area contributed by atoms with Crippen LogP contribution in [0.2, 0.25) is 0 Å². The third-order valence-corrected chi connectivity index (χ3v) is 2.04. The SMILES string of the molecule is NCc1ccoc1COCCCC(F)(F)F. The summed E-state index contributed by atoms with van der Waals surface area (Å²) in [5.74, 6) is 0.578. The molecule has 0 fully saturated rings. The quantitative estimate of drug-likeness (QED) is 0.773. The number of ether oxygens (including phenoxy) is 1. The number of hydrogen-bond acceptors (Lipinski definition) is 3. The van der Waals surface area contributed by atoms with Crippen molar-refractivity contribution in [3.63, 3.8) is 0 Å². The maximum Gasteiger partial charge on any atom is 0.389 e. The van der Waals surface area contributed by atoms with E-state index in [-0.39, 0.29) is 19.6 Å². The Morgan fingerprint density at radius 2 is 2.12 bits per heavy atom. The van der Waals surface area contributed by atoms with E-state index in [4.69, 9.17) is 14.9 Å². The lowest BCUT2D eigenvalue weighted by atomic mass is 10.2. The van der Waals surface area contributed by atoms with Crippen LogP contribution in [0, 0.1) is 0 Å². The van der Waals surface area contributed by atoms with Gasteiger partial charge in [0.25, 0.3) is 0 Å². The van der Waals surface area contributed by atoms with E-state index in [1.807, 2.05) is 0 Å². The van der Waals surface area contributed by atoms with Gasteiger partial charge >= 0.3 is 6.18 Å². The van der Waals surface area contributed by atoms with E-state index in [9.17, 15) is 13.2 Å². The van der Waals surface area contributed by atoms with Gasteiger partial charge in [-0.05, 0) is 12.5 Å². The lowest BCUT2D eigenvalue weighted by Crippen LogP contribution is -2.09. The number of halogens is 3. The molecule has 6 heteroatoms. The first-order chi connectivity index (χ1) is 7.53. The van der Waals surface area contributed by atoms with Crippen molar-refractivity contribution in [2.24, 2.45) is 5.73 Å². The molecule has 0 radical (unpaired) electrons. The van der Waals surface area contributed by atoms with Gasteiger partial charge in [0, 0.05) is 25.1 Å². The molecule has 0 aromatic carbocycles. The molecule has 1 aromatic rings. The molecule has 0 aliphatic rings. The summed E-state index contributed by atoms with van der Waals surface area (Å²) < 4.78 is 45.5. The van der Waals surface area contributed by atoms with Gasteiger partial charge in [-0.1, -0.05) is 0 Å². The highest BCUT2D eigenvalue weighted by Gasteiger charge is 2.25. The van der Waals surface area contributed by atoms with Crippen LogP contribution in [0.1, 0.15) is 24.2 Å². The summed E-state index contributed by atoms with van der Waals surface area (Å²) in [5.41, 5.74) is 6.23. The van der Waals surface area contributed by atoms with Gasteiger partial charge in [-0.15, -0.1) is 0 Å². The molecule has 0 bridgehead atoms. The monoisotopic (exact) mass is 237 g/mol. The van der Waals surface area contributed by atoms with E-state index in [0.29, 0.717) is 12.3 Å². The van der Waals surface area contributed by atoms with E-state index < -0.39 is 12.6 Å². The topological polar surface area (TPSA) is 48.4 Å². The molecule has 0 saturated carbocycles. The second-order valence-corrected chi connectivity index (χ2v) is 3.34. The third-order valence-electron chi connectivity index (χ3n) is 2.04. The Hall–Kier alpha value is -1.01. The van der Waals surface area contributed by atoms with Crippen molar-refractivity contribution in [1.29, 1.82) is 0 Å². The number of rotatable bonds is 6. The van der Waals surface area contributed by atoms with Crippen LogP contribution in [0.4, 0.5) is 13.2 Å². The first kappa shape index (κ1) is 13.1. The van der Waals surface area contributed by atoms with Crippen LogP contribution >= 0.6 is 0 Å². The van der Waals surface area contributed by atoms with Crippen LogP contribution in [0.15, 0.2) is 16.7 Å². The first-order valence-corrected chi connectivity index (χ1v) is 4.93. The Kier molecular flexibility index (Phi) is 4.82. The van der Waals surface area contributed by atoms with Gasteiger partial charge in [0.2, 0.25) is 0 Å². The van der Waals surface area contributed by atoms with E-state index in [0.717, 1.165) is 5.56 Å². The van der Waals surface area contributed by atoms with Gasteiger partial charge in [-0.3, -0.25) is 0 Å². The molecule has 0 amide bonds. The second-order valence-electron chi connectivity index (χ2n) is 3.34. The van der Waals surface area contributed by atoms with Gasteiger partial charge in [-0.2, -0.15) is 13.2 Å². The highest BCUT2D eigenvalue weighted by Crippen LogP contribution is 2.21. The molecule has 1 aromatic heterocycles. The summed E-state index contributed by atoms with van der Waals surface area (Å²) in [6.07, 6.45) is -3.50. The second kappa shape index (κ2) is 5.91. The van der Waals surface area contributed by atoms with Crippen molar-refractivity contribution < 1.29 is 22.3 Å². The average molecular weight is 237 g/mol. The normalized spacial score (nSPS) is 12.0. The summed E-state index contributed by atoms with van der Waals surface area (Å²) in [7, 11) is 0. The number of furan rings is 1. The molecule has 0 saturated heterocycles. The van der Waals surface area contributed by atoms with Crippen molar-refractivity contribution in [1.82, 2.24) is 0 Å². The summed E-state index contributed by atoms with van der Waals surface area (Å²) in [4.78, 5) is 0. The van der Waals surface area contributed by atoms with Gasteiger partial charge < -0.3 is 14.9 Å². The number of alkyl halides is 3. The molecular weight excluding hydrogens is 223 g/mol. The van der Waals surface area contributed by atoms with Crippen LogP contribution < -0.4 is 5.73 Å². The van der Waals surface area contributed by atoms with Crippen molar-refractivity contribution in [3.05, 3.63) is 23.7 Å². The van der Waals surface area contributed by atoms with E-state index >= 15 is 0 Å². The fourth-order valence-corrected chi connectivity index (χ4v) is 1.22. The molecule has 2 N–H and O–H groups in total. The highest BCUT2D eigenvalue weighted by atomic mass is 19.4. The van der Waals surface area contributed by atoms with Crippen LogP contribution in [-0.4, -0.2) is 12.8 Å². The molecule has 0 aliphatic heterocycles. The summed E-state index contributed by atoms with van der Waals surface area (Å²) in [6.45, 7) is 0.555. The van der Waals surface area contributed by atoms with E-state index in [2.05, 4.69) is 0 Å². The largest absolute Gasteiger partial charge is 0.467 e. The maximum atomic E-state index is 11.8. The predicted molar refractivity (Wildman–Crippen MR) is 51.5 cm³/mol. The molecule has 0 atom stereocenters. The maximum absolute atomic E-state index is 11.8. The zero-order valence-corrected chi connectivity index (χ0v) is 8.72. The molecule has 1 rings (SSSR count). The number of hydrogen-bond donors (Lipinski definition) is 1. The van der Waals surface area contributed by atoms with Gasteiger partial charge in [-0.25, -0.2) is 0 Å². The average Bonchev–Trinajstić information content (AvgIpc) is 2.63.